The first-order chi connectivity index (χ1) is 11.8. The molecule has 2 aromatic carbocycles. The Balaban J connectivity index is 1.59. The van der Waals surface area contributed by atoms with Crippen molar-refractivity contribution in [2.24, 2.45) is 0 Å². The lowest BCUT2D eigenvalue weighted by Crippen LogP contribution is -1.97. The molecule has 0 aliphatic carbocycles. The summed E-state index contributed by atoms with van der Waals surface area (Å²) in [6.07, 6.45) is 6.73. The van der Waals surface area contributed by atoms with Crippen LogP contribution in [0.1, 0.15) is 21.5 Å². The smallest absolute Gasteiger partial charge is 0.185 e. The summed E-state index contributed by atoms with van der Waals surface area (Å²) in [7, 11) is 0. The SMILES string of the molecule is O=C(C=Cc1cccnc1)c1ccc(OCc2ccccc2)cc1. The van der Waals surface area contributed by atoms with Crippen molar-refractivity contribution in [1.82, 2.24) is 4.98 Å². The summed E-state index contributed by atoms with van der Waals surface area (Å²) in [6, 6.07) is 20.9. The molecule has 3 aromatic rings. The number of benzene rings is 2. The van der Waals surface area contributed by atoms with Crippen molar-refractivity contribution < 1.29 is 9.53 Å². The molecule has 1 heterocycles. The molecule has 0 aliphatic rings. The first-order valence-electron chi connectivity index (χ1n) is 7.70. The molecule has 0 radical (unpaired) electrons. The maximum absolute atomic E-state index is 12.2. The fraction of sp³-hybridized carbons (Fsp3) is 0.0476. The zero-order valence-electron chi connectivity index (χ0n) is 13.1. The molecule has 0 amide bonds. The molecule has 0 unspecified atom stereocenters. The summed E-state index contributed by atoms with van der Waals surface area (Å²) >= 11 is 0. The standard InChI is InChI=1S/C21H17NO2/c23-21(13-8-17-7-4-14-22-15-17)19-9-11-20(12-10-19)24-16-18-5-2-1-3-6-18/h1-15H,16H2. The molecule has 0 atom stereocenters. The normalized spacial score (nSPS) is 10.7. The van der Waals surface area contributed by atoms with Gasteiger partial charge < -0.3 is 4.74 Å². The molecular formula is C21H17NO2. The highest BCUT2D eigenvalue weighted by atomic mass is 16.5. The van der Waals surface area contributed by atoms with E-state index in [4.69, 9.17) is 4.74 Å². The minimum Gasteiger partial charge on any atom is -0.489 e. The average Bonchev–Trinajstić information content (AvgIpc) is 2.66. The van der Waals surface area contributed by atoms with E-state index in [1.165, 1.54) is 0 Å². The number of carbonyl (C=O) groups excluding carboxylic acids is 1. The topological polar surface area (TPSA) is 39.2 Å². The number of aromatic nitrogens is 1. The number of carbonyl (C=O) groups is 1. The van der Waals surface area contributed by atoms with Gasteiger partial charge in [0.25, 0.3) is 0 Å². The van der Waals surface area contributed by atoms with E-state index in [0.29, 0.717) is 12.2 Å². The molecule has 3 rings (SSSR count). The lowest BCUT2D eigenvalue weighted by molar-refractivity contribution is 0.104. The second-order valence-electron chi connectivity index (χ2n) is 5.28. The zero-order chi connectivity index (χ0) is 16.6. The largest absolute Gasteiger partial charge is 0.489 e. The molecule has 24 heavy (non-hydrogen) atoms. The van der Waals surface area contributed by atoms with E-state index >= 15 is 0 Å². The third-order valence-corrected chi connectivity index (χ3v) is 3.50. The van der Waals surface area contributed by atoms with Crippen LogP contribution in [0.15, 0.2) is 85.2 Å². The van der Waals surface area contributed by atoms with Crippen LogP contribution in [0, 0.1) is 0 Å². The van der Waals surface area contributed by atoms with Crippen molar-refractivity contribution in [2.75, 3.05) is 0 Å². The Hall–Kier alpha value is -3.20. The second kappa shape index (κ2) is 7.88. The van der Waals surface area contributed by atoms with Gasteiger partial charge in [0.15, 0.2) is 5.78 Å². The third kappa shape index (κ3) is 4.40. The van der Waals surface area contributed by atoms with Crippen molar-refractivity contribution in [2.45, 2.75) is 6.61 Å². The molecule has 0 spiro atoms. The Bertz CT molecular complexity index is 809. The minimum absolute atomic E-state index is 0.0477. The quantitative estimate of drug-likeness (QED) is 0.494. The number of pyridine rings is 1. The summed E-state index contributed by atoms with van der Waals surface area (Å²) in [5.74, 6) is 0.695. The van der Waals surface area contributed by atoms with Gasteiger partial charge in [-0.2, -0.15) is 0 Å². The van der Waals surface area contributed by atoms with Crippen LogP contribution in [0.2, 0.25) is 0 Å². The molecule has 3 nitrogen and oxygen atoms in total. The number of allylic oxidation sites excluding steroid dienone is 1. The van der Waals surface area contributed by atoms with E-state index in [0.717, 1.165) is 16.9 Å². The first kappa shape index (κ1) is 15.7. The van der Waals surface area contributed by atoms with Crippen LogP contribution in [-0.4, -0.2) is 10.8 Å². The molecular weight excluding hydrogens is 298 g/mol. The fourth-order valence-electron chi connectivity index (χ4n) is 2.20. The number of nitrogens with zero attached hydrogens (tertiary/aromatic N) is 1. The van der Waals surface area contributed by atoms with Crippen molar-refractivity contribution in [3.05, 3.63) is 102 Å². The van der Waals surface area contributed by atoms with Gasteiger partial charge in [0.2, 0.25) is 0 Å². The molecule has 0 bridgehead atoms. The van der Waals surface area contributed by atoms with Crippen LogP contribution in [0.4, 0.5) is 0 Å². The predicted molar refractivity (Wildman–Crippen MR) is 94.8 cm³/mol. The number of rotatable bonds is 6. The number of ketones is 1. The van der Waals surface area contributed by atoms with Crippen molar-refractivity contribution in [3.63, 3.8) is 0 Å². The first-order valence-corrected chi connectivity index (χ1v) is 7.70. The van der Waals surface area contributed by atoms with Gasteiger partial charge in [-0.15, -0.1) is 0 Å². The van der Waals surface area contributed by atoms with Crippen LogP contribution in [-0.2, 0) is 6.61 Å². The molecule has 0 saturated carbocycles. The Morgan fingerprint density at radius 2 is 1.75 bits per heavy atom. The second-order valence-corrected chi connectivity index (χ2v) is 5.28. The summed E-state index contributed by atoms with van der Waals surface area (Å²) < 4.78 is 5.72. The molecule has 0 aliphatic heterocycles. The van der Waals surface area contributed by atoms with Gasteiger partial charge in [0.1, 0.15) is 12.4 Å². The molecule has 0 saturated heterocycles. The van der Waals surface area contributed by atoms with Gasteiger partial charge in [-0.25, -0.2) is 0 Å². The summed E-state index contributed by atoms with van der Waals surface area (Å²) in [6.45, 7) is 0.509. The number of ether oxygens (including phenoxy) is 1. The highest BCUT2D eigenvalue weighted by molar-refractivity contribution is 6.06. The monoisotopic (exact) mass is 315 g/mol. The van der Waals surface area contributed by atoms with Gasteiger partial charge in [-0.3, -0.25) is 9.78 Å². The van der Waals surface area contributed by atoms with Crippen LogP contribution in [0.25, 0.3) is 6.08 Å². The summed E-state index contributed by atoms with van der Waals surface area (Å²) in [4.78, 5) is 16.2. The Morgan fingerprint density at radius 3 is 2.46 bits per heavy atom. The molecule has 0 N–H and O–H groups in total. The van der Waals surface area contributed by atoms with Gasteiger partial charge in [-0.1, -0.05) is 36.4 Å². The van der Waals surface area contributed by atoms with E-state index < -0.39 is 0 Å². The average molecular weight is 315 g/mol. The predicted octanol–water partition coefficient (Wildman–Crippen LogP) is 4.56. The van der Waals surface area contributed by atoms with Crippen molar-refractivity contribution in [3.8, 4) is 5.75 Å². The Kier molecular flexibility index (Phi) is 5.15. The Labute approximate surface area is 141 Å². The molecule has 118 valence electrons. The van der Waals surface area contributed by atoms with E-state index in [1.54, 1.807) is 36.7 Å². The summed E-state index contributed by atoms with van der Waals surface area (Å²) in [5.41, 5.74) is 2.63. The highest BCUT2D eigenvalue weighted by Crippen LogP contribution is 2.15. The zero-order valence-corrected chi connectivity index (χ0v) is 13.1. The van der Waals surface area contributed by atoms with Crippen LogP contribution >= 0.6 is 0 Å². The molecule has 1 aromatic heterocycles. The minimum atomic E-state index is -0.0477. The maximum Gasteiger partial charge on any atom is 0.185 e. The molecule has 0 fully saturated rings. The fourth-order valence-corrected chi connectivity index (χ4v) is 2.20. The van der Waals surface area contributed by atoms with E-state index in [-0.39, 0.29) is 5.78 Å². The Morgan fingerprint density at radius 1 is 0.958 bits per heavy atom. The lowest BCUT2D eigenvalue weighted by Gasteiger charge is -2.06. The van der Waals surface area contributed by atoms with E-state index in [2.05, 4.69) is 4.98 Å². The van der Waals surface area contributed by atoms with Gasteiger partial charge in [0.05, 0.1) is 0 Å². The lowest BCUT2D eigenvalue weighted by atomic mass is 10.1. The van der Waals surface area contributed by atoms with Crippen molar-refractivity contribution in [1.29, 1.82) is 0 Å². The van der Waals surface area contributed by atoms with Gasteiger partial charge in [0, 0.05) is 18.0 Å². The highest BCUT2D eigenvalue weighted by Gasteiger charge is 2.02. The van der Waals surface area contributed by atoms with Gasteiger partial charge >= 0.3 is 0 Å². The maximum atomic E-state index is 12.2. The molecule has 3 heteroatoms. The van der Waals surface area contributed by atoms with Crippen LogP contribution < -0.4 is 4.74 Å². The number of hydrogen-bond donors (Lipinski definition) is 0. The van der Waals surface area contributed by atoms with E-state index in [9.17, 15) is 4.79 Å². The van der Waals surface area contributed by atoms with Gasteiger partial charge in [-0.05, 0) is 53.6 Å². The van der Waals surface area contributed by atoms with Crippen LogP contribution in [0.5, 0.6) is 5.75 Å². The van der Waals surface area contributed by atoms with Crippen LogP contribution in [0.3, 0.4) is 0 Å². The summed E-state index contributed by atoms with van der Waals surface area (Å²) in [5, 5.41) is 0. The van der Waals surface area contributed by atoms with E-state index in [1.807, 2.05) is 54.6 Å². The third-order valence-electron chi connectivity index (χ3n) is 3.50. The van der Waals surface area contributed by atoms with Crippen molar-refractivity contribution >= 4 is 11.9 Å². The number of hydrogen-bond acceptors (Lipinski definition) is 3.